The van der Waals surface area contributed by atoms with E-state index >= 15 is 0 Å². The Hall–Kier alpha value is -2.95. The van der Waals surface area contributed by atoms with Crippen LogP contribution in [0.4, 0.5) is 5.69 Å². The molecule has 4 nitrogen and oxygen atoms in total. The molecule has 2 fully saturated rings. The minimum absolute atomic E-state index is 0.0828. The van der Waals surface area contributed by atoms with Crippen LogP contribution >= 0.6 is 0 Å². The van der Waals surface area contributed by atoms with Gasteiger partial charge in [0.05, 0.1) is 11.1 Å². The third-order valence-corrected chi connectivity index (χ3v) is 7.42. The minimum Gasteiger partial charge on any atom is -0.309 e. The summed E-state index contributed by atoms with van der Waals surface area (Å²) in [5, 5.41) is 15.4. The van der Waals surface area contributed by atoms with Crippen LogP contribution in [0.5, 0.6) is 0 Å². The maximum atomic E-state index is 14.1. The number of hydrogen-bond acceptors (Lipinski definition) is 3. The van der Waals surface area contributed by atoms with E-state index in [1.165, 1.54) is 16.7 Å². The molecule has 4 heteroatoms. The quantitative estimate of drug-likeness (QED) is 0.470. The zero-order valence-electron chi connectivity index (χ0n) is 17.4. The SMILES string of the molecule is O=C(N(O)c1ccccc1)C1(c2ccc3c(c2)CNC3)C(c2ccccc2)C1C1CC1. The molecule has 156 valence electrons. The summed E-state index contributed by atoms with van der Waals surface area (Å²) in [6.07, 6.45) is 2.32. The molecule has 2 aliphatic carbocycles. The van der Waals surface area contributed by atoms with Gasteiger partial charge in [0.2, 0.25) is 0 Å². The number of carbonyl (C=O) groups is 1. The van der Waals surface area contributed by atoms with E-state index in [0.29, 0.717) is 11.6 Å². The number of benzene rings is 3. The van der Waals surface area contributed by atoms with Crippen molar-refractivity contribution in [1.82, 2.24) is 5.32 Å². The van der Waals surface area contributed by atoms with Gasteiger partial charge in [0.25, 0.3) is 5.91 Å². The lowest BCUT2D eigenvalue weighted by Crippen LogP contribution is -2.39. The van der Waals surface area contributed by atoms with Crippen molar-refractivity contribution in [2.24, 2.45) is 11.8 Å². The predicted octanol–water partition coefficient (Wildman–Crippen LogP) is 4.77. The highest BCUT2D eigenvalue weighted by Crippen LogP contribution is 2.73. The van der Waals surface area contributed by atoms with Crippen LogP contribution in [0.25, 0.3) is 0 Å². The normalized spacial score (nSPS) is 26.4. The van der Waals surface area contributed by atoms with Crippen LogP contribution in [0, 0.1) is 11.8 Å². The van der Waals surface area contributed by atoms with Gasteiger partial charge in [-0.3, -0.25) is 10.0 Å². The minimum atomic E-state index is -0.731. The molecule has 3 aromatic rings. The molecule has 1 aliphatic heterocycles. The van der Waals surface area contributed by atoms with Crippen molar-refractivity contribution in [2.45, 2.75) is 37.3 Å². The molecule has 0 saturated heterocycles. The van der Waals surface area contributed by atoms with Crippen molar-refractivity contribution in [2.75, 3.05) is 5.06 Å². The van der Waals surface area contributed by atoms with Gasteiger partial charge in [0.15, 0.2) is 0 Å². The molecular weight excluding hydrogens is 384 g/mol. The van der Waals surface area contributed by atoms with E-state index in [2.05, 4.69) is 35.6 Å². The van der Waals surface area contributed by atoms with Gasteiger partial charge in [-0.05, 0) is 59.1 Å². The summed E-state index contributed by atoms with van der Waals surface area (Å²) in [6, 6.07) is 26.0. The summed E-state index contributed by atoms with van der Waals surface area (Å²) in [6.45, 7) is 1.71. The number of carbonyl (C=O) groups excluding carboxylic acids is 1. The number of para-hydroxylation sites is 1. The molecule has 3 atom stereocenters. The Morgan fingerprint density at radius 2 is 1.58 bits per heavy atom. The fourth-order valence-corrected chi connectivity index (χ4v) is 5.83. The van der Waals surface area contributed by atoms with E-state index in [1.807, 2.05) is 36.4 Å². The Bertz CT molecular complexity index is 1130. The maximum Gasteiger partial charge on any atom is 0.262 e. The molecule has 0 aromatic heterocycles. The van der Waals surface area contributed by atoms with Crippen LogP contribution in [0.2, 0.25) is 0 Å². The van der Waals surface area contributed by atoms with Gasteiger partial charge in [0, 0.05) is 19.0 Å². The number of fused-ring (bicyclic) bond motifs is 1. The summed E-state index contributed by atoms with van der Waals surface area (Å²) in [5.41, 5.74) is 4.58. The fraction of sp³-hybridized carbons (Fsp3) is 0.296. The highest BCUT2D eigenvalue weighted by atomic mass is 16.5. The van der Waals surface area contributed by atoms with E-state index < -0.39 is 5.41 Å². The third kappa shape index (κ3) is 2.86. The van der Waals surface area contributed by atoms with Crippen molar-refractivity contribution in [3.63, 3.8) is 0 Å². The van der Waals surface area contributed by atoms with Crippen LogP contribution < -0.4 is 10.4 Å². The average molecular weight is 411 g/mol. The van der Waals surface area contributed by atoms with Crippen LogP contribution in [0.1, 0.15) is 41.0 Å². The van der Waals surface area contributed by atoms with Crippen LogP contribution in [-0.4, -0.2) is 11.1 Å². The Labute approximate surface area is 182 Å². The van der Waals surface area contributed by atoms with E-state index in [4.69, 9.17) is 0 Å². The largest absolute Gasteiger partial charge is 0.309 e. The number of rotatable bonds is 5. The molecule has 1 heterocycles. The van der Waals surface area contributed by atoms with Crippen molar-refractivity contribution in [1.29, 1.82) is 0 Å². The van der Waals surface area contributed by atoms with Crippen molar-refractivity contribution in [3.05, 3.63) is 101 Å². The average Bonchev–Trinajstić information content (AvgIpc) is 3.73. The summed E-state index contributed by atoms with van der Waals surface area (Å²) >= 11 is 0. The van der Waals surface area contributed by atoms with E-state index in [1.54, 1.807) is 12.1 Å². The first-order valence-electron chi connectivity index (χ1n) is 11.2. The summed E-state index contributed by atoms with van der Waals surface area (Å²) in [4.78, 5) is 14.1. The van der Waals surface area contributed by atoms with Crippen molar-refractivity contribution in [3.8, 4) is 0 Å². The summed E-state index contributed by atoms with van der Waals surface area (Å²) in [7, 11) is 0. The number of nitrogens with zero attached hydrogens (tertiary/aromatic N) is 1. The zero-order valence-corrected chi connectivity index (χ0v) is 17.4. The lowest BCUT2D eigenvalue weighted by Gasteiger charge is -2.25. The molecule has 3 unspecified atom stereocenters. The standard InChI is InChI=1S/C27H26N2O2/c30-26(29(31)23-9-5-2-6-10-23)27(22-14-13-20-16-28-17-21(20)15-22)24(25(27)19-11-12-19)18-7-3-1-4-8-18/h1-10,13-15,19,24-25,28,31H,11-12,16-17H2. The van der Waals surface area contributed by atoms with Gasteiger partial charge >= 0.3 is 0 Å². The first-order valence-corrected chi connectivity index (χ1v) is 11.2. The molecular formula is C27H26N2O2. The van der Waals surface area contributed by atoms with Gasteiger partial charge in [-0.2, -0.15) is 5.06 Å². The van der Waals surface area contributed by atoms with Gasteiger partial charge < -0.3 is 5.32 Å². The smallest absolute Gasteiger partial charge is 0.262 e. The molecule has 31 heavy (non-hydrogen) atoms. The second-order valence-corrected chi connectivity index (χ2v) is 9.16. The van der Waals surface area contributed by atoms with Crippen LogP contribution in [-0.2, 0) is 23.3 Å². The zero-order chi connectivity index (χ0) is 21.0. The Morgan fingerprint density at radius 3 is 2.29 bits per heavy atom. The lowest BCUT2D eigenvalue weighted by atomic mass is 9.86. The molecule has 2 N–H and O–H groups in total. The molecule has 1 amide bonds. The fourth-order valence-electron chi connectivity index (χ4n) is 5.83. The highest BCUT2D eigenvalue weighted by Gasteiger charge is 2.74. The summed E-state index contributed by atoms with van der Waals surface area (Å²) in [5.74, 6) is 0.618. The number of hydroxylamine groups is 1. The number of amides is 1. The molecule has 0 spiro atoms. The van der Waals surface area contributed by atoms with Gasteiger partial charge in [0.1, 0.15) is 0 Å². The van der Waals surface area contributed by atoms with Crippen LogP contribution in [0.15, 0.2) is 78.9 Å². The van der Waals surface area contributed by atoms with Gasteiger partial charge in [-0.1, -0.05) is 66.7 Å². The summed E-state index contributed by atoms with van der Waals surface area (Å²) < 4.78 is 0. The van der Waals surface area contributed by atoms with E-state index in [9.17, 15) is 10.0 Å². The molecule has 0 bridgehead atoms. The van der Waals surface area contributed by atoms with Crippen LogP contribution in [0.3, 0.4) is 0 Å². The van der Waals surface area contributed by atoms with Crippen molar-refractivity contribution >= 4 is 11.6 Å². The number of nitrogens with one attached hydrogen (secondary N) is 1. The highest BCUT2D eigenvalue weighted by molar-refractivity contribution is 6.04. The Morgan fingerprint density at radius 1 is 0.903 bits per heavy atom. The topological polar surface area (TPSA) is 52.6 Å². The lowest BCUT2D eigenvalue weighted by molar-refractivity contribution is -0.126. The Kier molecular flexibility index (Phi) is 4.27. The number of anilines is 1. The molecule has 6 rings (SSSR count). The van der Waals surface area contributed by atoms with E-state index in [-0.39, 0.29) is 17.7 Å². The molecule has 3 aromatic carbocycles. The predicted molar refractivity (Wildman–Crippen MR) is 120 cm³/mol. The number of hydrogen-bond donors (Lipinski definition) is 2. The third-order valence-electron chi connectivity index (χ3n) is 7.42. The van der Waals surface area contributed by atoms with Gasteiger partial charge in [-0.15, -0.1) is 0 Å². The van der Waals surface area contributed by atoms with Gasteiger partial charge in [-0.25, -0.2) is 0 Å². The second-order valence-electron chi connectivity index (χ2n) is 9.16. The monoisotopic (exact) mass is 410 g/mol. The molecule has 2 saturated carbocycles. The second kappa shape index (κ2) is 7.04. The molecule has 0 radical (unpaired) electrons. The first kappa shape index (κ1) is 18.8. The Balaban J connectivity index is 1.50. The first-order chi connectivity index (χ1) is 15.2. The maximum absolute atomic E-state index is 14.1. The molecule has 3 aliphatic rings. The van der Waals surface area contributed by atoms with Crippen molar-refractivity contribution < 1.29 is 10.0 Å². The van der Waals surface area contributed by atoms with E-state index in [0.717, 1.165) is 36.6 Å².